The number of nitrogens with two attached hydrogens (primary N) is 1. The molecule has 3 aromatic heterocycles. The molecule has 3 heterocycles. The van der Waals surface area contributed by atoms with Gasteiger partial charge in [-0.25, -0.2) is 9.48 Å². The summed E-state index contributed by atoms with van der Waals surface area (Å²) >= 11 is 0. The smallest absolute Gasteiger partial charge is 0.413 e. The number of nitrogens with zero attached hydrogens (tertiary/aromatic N) is 4. The van der Waals surface area contributed by atoms with E-state index in [4.69, 9.17) is 15.0 Å². The van der Waals surface area contributed by atoms with Crippen LogP contribution in [0, 0.1) is 0 Å². The monoisotopic (exact) mass is 593 g/mol. The fraction of sp³-hybridized carbons (Fsp3) is 0.481. The second kappa shape index (κ2) is 11.4. The van der Waals surface area contributed by atoms with Gasteiger partial charge < -0.3 is 15.0 Å². The Kier molecular flexibility index (Phi) is 8.75. The zero-order chi connectivity index (χ0) is 31.8. The van der Waals surface area contributed by atoms with Crippen LogP contribution in [0.1, 0.15) is 89.1 Å². The molecule has 0 aliphatic heterocycles. The highest BCUT2D eigenvalue weighted by Gasteiger charge is 2.50. The van der Waals surface area contributed by atoms with Gasteiger partial charge in [0.1, 0.15) is 33.8 Å². The van der Waals surface area contributed by atoms with E-state index in [0.717, 1.165) is 19.9 Å². The number of alkyl halides is 3. The molecule has 12 nitrogen and oxygen atoms in total. The van der Waals surface area contributed by atoms with Crippen LogP contribution in [0.5, 0.6) is 0 Å². The van der Waals surface area contributed by atoms with Gasteiger partial charge in [-0.1, -0.05) is 5.16 Å². The lowest BCUT2D eigenvalue weighted by Gasteiger charge is -2.24. The van der Waals surface area contributed by atoms with Gasteiger partial charge in [-0.3, -0.25) is 25.2 Å². The predicted molar refractivity (Wildman–Crippen MR) is 147 cm³/mol. The van der Waals surface area contributed by atoms with E-state index in [1.807, 2.05) is 0 Å². The fourth-order valence-corrected chi connectivity index (χ4v) is 3.70. The fourth-order valence-electron chi connectivity index (χ4n) is 3.70. The van der Waals surface area contributed by atoms with Gasteiger partial charge >= 0.3 is 12.3 Å². The molecule has 0 aliphatic rings. The van der Waals surface area contributed by atoms with E-state index >= 15 is 0 Å². The minimum atomic E-state index is -4.57. The first-order chi connectivity index (χ1) is 19.2. The molecule has 0 radical (unpaired) electrons. The first-order valence-electron chi connectivity index (χ1n) is 13.0. The molecular weight excluding hydrogens is 559 g/mol. The summed E-state index contributed by atoms with van der Waals surface area (Å²) in [5.41, 5.74) is 3.00. The van der Waals surface area contributed by atoms with Crippen molar-refractivity contribution in [3.8, 4) is 11.3 Å². The predicted octanol–water partition coefficient (Wildman–Crippen LogP) is 5.54. The van der Waals surface area contributed by atoms with E-state index < -0.39 is 41.0 Å². The average Bonchev–Trinajstić information content (AvgIpc) is 3.47. The van der Waals surface area contributed by atoms with Crippen LogP contribution in [-0.4, -0.2) is 49.6 Å². The molecule has 0 aliphatic carbocycles. The summed E-state index contributed by atoms with van der Waals surface area (Å²) < 4.78 is 51.6. The Balaban J connectivity index is 1.86. The SMILES string of the molecule is CC(C(=O)Nc1cc(C(C)(C)C(F)(F)F)no1)c1ccc(-c2nn(C(C)C)c(NC(=O)OC(C)(C)C)c2C(N)=O)cn1. The summed E-state index contributed by atoms with van der Waals surface area (Å²) in [5, 5.41) is 12.9. The third-order valence-corrected chi connectivity index (χ3v) is 6.27. The Hall–Kier alpha value is -4.43. The molecule has 0 bridgehead atoms. The number of halogens is 3. The first-order valence-corrected chi connectivity index (χ1v) is 13.0. The Morgan fingerprint density at radius 1 is 1.05 bits per heavy atom. The third-order valence-electron chi connectivity index (χ3n) is 6.27. The maximum absolute atomic E-state index is 13.3. The van der Waals surface area contributed by atoms with Crippen LogP contribution in [0.25, 0.3) is 11.3 Å². The van der Waals surface area contributed by atoms with Gasteiger partial charge in [0.2, 0.25) is 11.8 Å². The molecule has 1 atom stereocenters. The summed E-state index contributed by atoms with van der Waals surface area (Å²) in [6, 6.07) is 3.84. The van der Waals surface area contributed by atoms with Crippen LogP contribution in [0.4, 0.5) is 29.7 Å². The van der Waals surface area contributed by atoms with Crippen molar-refractivity contribution in [2.24, 2.45) is 5.73 Å². The Morgan fingerprint density at radius 3 is 2.19 bits per heavy atom. The number of hydrogen-bond acceptors (Lipinski definition) is 8. The van der Waals surface area contributed by atoms with Gasteiger partial charge in [0.15, 0.2) is 0 Å². The van der Waals surface area contributed by atoms with Gasteiger partial charge in [0.05, 0.1) is 11.6 Å². The molecule has 4 N–H and O–H groups in total. The van der Waals surface area contributed by atoms with Crippen molar-refractivity contribution in [2.45, 2.75) is 84.5 Å². The maximum atomic E-state index is 13.3. The number of primary amides is 1. The quantitative estimate of drug-likeness (QED) is 0.306. The van der Waals surface area contributed by atoms with Crippen molar-refractivity contribution in [2.75, 3.05) is 10.6 Å². The number of ether oxygens (including phenoxy) is 1. The Labute approximate surface area is 240 Å². The topological polar surface area (TPSA) is 167 Å². The number of carbonyl (C=O) groups is 3. The highest BCUT2D eigenvalue weighted by Crippen LogP contribution is 2.40. The lowest BCUT2D eigenvalue weighted by atomic mass is 9.89. The molecule has 3 rings (SSSR count). The van der Waals surface area contributed by atoms with Crippen molar-refractivity contribution in [1.29, 1.82) is 0 Å². The van der Waals surface area contributed by atoms with E-state index in [0.29, 0.717) is 11.3 Å². The summed E-state index contributed by atoms with van der Waals surface area (Å²) in [7, 11) is 0. The zero-order valence-electron chi connectivity index (χ0n) is 24.5. The molecule has 3 amide bonds. The number of nitrogens with one attached hydrogen (secondary N) is 2. The van der Waals surface area contributed by atoms with Crippen molar-refractivity contribution < 1.29 is 36.8 Å². The van der Waals surface area contributed by atoms with Gasteiger partial charge in [0.25, 0.3) is 5.91 Å². The number of aromatic nitrogens is 4. The number of rotatable bonds is 8. The lowest BCUT2D eigenvalue weighted by Crippen LogP contribution is -2.36. The van der Waals surface area contributed by atoms with Crippen LogP contribution in [0.2, 0.25) is 0 Å². The zero-order valence-corrected chi connectivity index (χ0v) is 24.5. The standard InChI is InChI=1S/C27H34F3N7O5/c1-13(2)37-22(34-24(40)41-25(4,5)6)19(21(31)38)20(35-37)15-9-10-16(32-12-15)14(3)23(39)33-18-11-17(36-42-18)26(7,8)27(28,29)30/h9-14H,1-8H3,(H2,31,38)(H,33,39)(H,34,40). The molecule has 228 valence electrons. The first kappa shape index (κ1) is 32.1. The number of anilines is 2. The molecule has 3 aromatic rings. The second-order valence-electron chi connectivity index (χ2n) is 11.5. The van der Waals surface area contributed by atoms with E-state index in [2.05, 4.69) is 25.9 Å². The molecule has 15 heteroatoms. The average molecular weight is 594 g/mol. The summed E-state index contributed by atoms with van der Waals surface area (Å²) in [5.74, 6) is -2.49. The molecule has 0 saturated heterocycles. The van der Waals surface area contributed by atoms with Gasteiger partial charge in [-0.15, -0.1) is 0 Å². The largest absolute Gasteiger partial charge is 0.444 e. The van der Waals surface area contributed by atoms with E-state index in [1.54, 1.807) is 47.6 Å². The Bertz CT molecular complexity index is 1470. The van der Waals surface area contributed by atoms with Gasteiger partial charge in [-0.05, 0) is 67.5 Å². The number of carbonyl (C=O) groups excluding carboxylic acids is 3. The highest BCUT2D eigenvalue weighted by atomic mass is 19.4. The highest BCUT2D eigenvalue weighted by molar-refractivity contribution is 6.06. The number of pyridine rings is 1. The van der Waals surface area contributed by atoms with Gasteiger partial charge in [0, 0.05) is 23.9 Å². The van der Waals surface area contributed by atoms with Crippen molar-refractivity contribution in [3.63, 3.8) is 0 Å². The van der Waals surface area contributed by atoms with Crippen LogP contribution in [-0.2, 0) is 14.9 Å². The maximum Gasteiger partial charge on any atom is 0.413 e. The minimum Gasteiger partial charge on any atom is -0.444 e. The van der Waals surface area contributed by atoms with Crippen molar-refractivity contribution >= 4 is 29.6 Å². The van der Waals surface area contributed by atoms with E-state index in [1.165, 1.54) is 16.9 Å². The normalized spacial score (nSPS) is 13.1. The second-order valence-corrected chi connectivity index (χ2v) is 11.5. The molecule has 42 heavy (non-hydrogen) atoms. The number of amides is 3. The van der Waals surface area contributed by atoms with Crippen molar-refractivity contribution in [3.05, 3.63) is 41.3 Å². The number of hydrogen-bond donors (Lipinski definition) is 3. The van der Waals surface area contributed by atoms with Crippen LogP contribution in [0.3, 0.4) is 0 Å². The molecule has 1 unspecified atom stereocenters. The molecule has 0 aromatic carbocycles. The Morgan fingerprint density at radius 2 is 1.69 bits per heavy atom. The van der Waals surface area contributed by atoms with Crippen LogP contribution in [0.15, 0.2) is 28.9 Å². The molecule has 0 spiro atoms. The molecule has 0 fully saturated rings. The molecular formula is C27H34F3N7O5. The van der Waals surface area contributed by atoms with Crippen LogP contribution < -0.4 is 16.4 Å². The minimum absolute atomic E-state index is 0.0544. The summed E-state index contributed by atoms with van der Waals surface area (Å²) in [6.45, 7) is 12.1. The van der Waals surface area contributed by atoms with Crippen LogP contribution >= 0.6 is 0 Å². The molecule has 0 saturated carbocycles. The lowest BCUT2D eigenvalue weighted by molar-refractivity contribution is -0.181. The van der Waals surface area contributed by atoms with E-state index in [-0.39, 0.29) is 34.7 Å². The summed E-state index contributed by atoms with van der Waals surface area (Å²) in [6.07, 6.45) is -3.99. The van der Waals surface area contributed by atoms with E-state index in [9.17, 15) is 27.6 Å². The third kappa shape index (κ3) is 6.89. The van der Waals surface area contributed by atoms with Crippen molar-refractivity contribution in [1.82, 2.24) is 19.9 Å². The van der Waals surface area contributed by atoms with Gasteiger partial charge in [-0.2, -0.15) is 18.3 Å². The summed E-state index contributed by atoms with van der Waals surface area (Å²) in [4.78, 5) is 42.1.